The van der Waals surface area contributed by atoms with Crippen LogP contribution in [0.4, 0.5) is 5.69 Å². The Hall–Kier alpha value is -1.83. The van der Waals surface area contributed by atoms with Crippen LogP contribution in [0, 0.1) is 5.92 Å². The summed E-state index contributed by atoms with van der Waals surface area (Å²) in [6.45, 7) is 3.45. The van der Waals surface area contributed by atoms with Gasteiger partial charge < -0.3 is 21.3 Å². The normalized spacial score (nSPS) is 11.3. The highest BCUT2D eigenvalue weighted by atomic mass is 35.5. The van der Waals surface area contributed by atoms with Crippen molar-refractivity contribution in [1.29, 1.82) is 0 Å². The number of amides is 3. The summed E-state index contributed by atoms with van der Waals surface area (Å²) in [6, 6.07) is 3.93. The lowest BCUT2D eigenvalue weighted by Crippen LogP contribution is -2.46. The van der Waals surface area contributed by atoms with Crippen LogP contribution in [0.3, 0.4) is 0 Å². The van der Waals surface area contributed by atoms with Gasteiger partial charge in [0.15, 0.2) is 0 Å². The van der Waals surface area contributed by atoms with Crippen LogP contribution in [-0.2, 0) is 9.59 Å². The molecule has 0 fully saturated rings. The van der Waals surface area contributed by atoms with Crippen molar-refractivity contribution in [2.45, 2.75) is 19.9 Å². The molecular weight excluding hydrogens is 367 g/mol. The molecule has 0 aliphatic carbocycles. The van der Waals surface area contributed by atoms with Crippen LogP contribution < -0.4 is 16.4 Å². The highest BCUT2D eigenvalue weighted by molar-refractivity contribution is 6.34. The number of nitrogens with two attached hydrogens (primary N) is 1. The van der Waals surface area contributed by atoms with E-state index in [1.165, 1.54) is 17.0 Å². The van der Waals surface area contributed by atoms with Crippen LogP contribution in [-0.4, -0.2) is 49.3 Å². The molecule has 9 heteroatoms. The van der Waals surface area contributed by atoms with Crippen LogP contribution in [0.5, 0.6) is 0 Å². The molecule has 0 unspecified atom stereocenters. The van der Waals surface area contributed by atoms with Gasteiger partial charge in [0.2, 0.25) is 11.8 Å². The van der Waals surface area contributed by atoms with Gasteiger partial charge in [-0.3, -0.25) is 14.4 Å². The Balaban J connectivity index is 0.00000576. The Bertz CT molecular complexity index is 636. The van der Waals surface area contributed by atoms with Crippen LogP contribution in [0.15, 0.2) is 18.2 Å². The number of rotatable bonds is 6. The van der Waals surface area contributed by atoms with Crippen molar-refractivity contribution in [2.24, 2.45) is 11.7 Å². The molecule has 0 aliphatic rings. The first-order chi connectivity index (χ1) is 11.1. The van der Waals surface area contributed by atoms with Crippen LogP contribution in [0.1, 0.15) is 24.2 Å². The highest BCUT2D eigenvalue weighted by Crippen LogP contribution is 2.21. The molecule has 0 bridgehead atoms. The molecule has 1 atom stereocenters. The number of hydrogen-bond donors (Lipinski definition) is 3. The van der Waals surface area contributed by atoms with E-state index in [1.807, 2.05) is 13.8 Å². The molecule has 1 rings (SSSR count). The van der Waals surface area contributed by atoms with Gasteiger partial charge in [-0.15, -0.1) is 12.4 Å². The molecule has 3 amide bonds. The van der Waals surface area contributed by atoms with Gasteiger partial charge in [0, 0.05) is 19.8 Å². The minimum atomic E-state index is -0.663. The topological polar surface area (TPSA) is 105 Å². The molecule has 0 saturated carbocycles. The van der Waals surface area contributed by atoms with Crippen molar-refractivity contribution in [3.05, 3.63) is 28.8 Å². The quantitative estimate of drug-likeness (QED) is 0.684. The third kappa shape index (κ3) is 6.89. The first-order valence-electron chi connectivity index (χ1n) is 7.47. The Morgan fingerprint density at radius 1 is 1.24 bits per heavy atom. The van der Waals surface area contributed by atoms with E-state index in [0.29, 0.717) is 11.3 Å². The van der Waals surface area contributed by atoms with Crippen molar-refractivity contribution in [3.63, 3.8) is 0 Å². The number of halogens is 2. The number of nitrogens with one attached hydrogen (secondary N) is 2. The second-order valence-corrected chi connectivity index (χ2v) is 6.34. The molecular formula is C16H24Cl2N4O3. The average Bonchev–Trinajstić information content (AvgIpc) is 2.51. The van der Waals surface area contributed by atoms with E-state index < -0.39 is 11.9 Å². The van der Waals surface area contributed by atoms with Crippen LogP contribution in [0.25, 0.3) is 0 Å². The molecule has 140 valence electrons. The second-order valence-electron chi connectivity index (χ2n) is 5.93. The maximum absolute atomic E-state index is 11.9. The van der Waals surface area contributed by atoms with Gasteiger partial charge in [-0.2, -0.15) is 0 Å². The molecule has 0 heterocycles. The first kappa shape index (κ1) is 23.2. The molecule has 7 nitrogen and oxygen atoms in total. The number of benzene rings is 1. The lowest BCUT2D eigenvalue weighted by molar-refractivity contribution is -0.125. The highest BCUT2D eigenvalue weighted by Gasteiger charge is 2.18. The van der Waals surface area contributed by atoms with Gasteiger partial charge in [-0.25, -0.2) is 0 Å². The first-order valence-corrected chi connectivity index (χ1v) is 7.85. The number of carbonyl (C=O) groups is 3. The molecule has 1 aromatic rings. The third-order valence-corrected chi connectivity index (χ3v) is 3.65. The van der Waals surface area contributed by atoms with E-state index in [-0.39, 0.29) is 41.7 Å². The van der Waals surface area contributed by atoms with E-state index in [1.54, 1.807) is 20.2 Å². The fourth-order valence-electron chi connectivity index (χ4n) is 1.80. The van der Waals surface area contributed by atoms with Crippen molar-refractivity contribution >= 4 is 47.4 Å². The molecule has 1 aromatic carbocycles. The number of hydrogen-bond acceptors (Lipinski definition) is 4. The summed E-state index contributed by atoms with van der Waals surface area (Å²) in [5, 5.41) is 5.30. The van der Waals surface area contributed by atoms with Gasteiger partial charge in [-0.05, 0) is 24.1 Å². The monoisotopic (exact) mass is 390 g/mol. The maximum atomic E-state index is 11.9. The summed E-state index contributed by atoms with van der Waals surface area (Å²) in [5.41, 5.74) is 6.47. The van der Waals surface area contributed by atoms with Crippen molar-refractivity contribution in [1.82, 2.24) is 10.2 Å². The Labute approximate surface area is 158 Å². The zero-order chi connectivity index (χ0) is 18.4. The summed E-state index contributed by atoms with van der Waals surface area (Å²) >= 11 is 6.07. The zero-order valence-electron chi connectivity index (χ0n) is 14.6. The molecule has 0 spiro atoms. The molecule has 4 N–H and O–H groups in total. The molecule has 0 radical (unpaired) electrons. The summed E-state index contributed by atoms with van der Waals surface area (Å²) in [5.74, 6) is -1.05. The lowest BCUT2D eigenvalue weighted by Gasteiger charge is -2.15. The van der Waals surface area contributed by atoms with E-state index in [9.17, 15) is 14.4 Å². The maximum Gasteiger partial charge on any atom is 0.254 e. The fraction of sp³-hybridized carbons (Fsp3) is 0.438. The predicted octanol–water partition coefficient (Wildman–Crippen LogP) is 1.50. The Kier molecular flexibility index (Phi) is 9.48. The molecule has 25 heavy (non-hydrogen) atoms. The minimum absolute atomic E-state index is 0. The van der Waals surface area contributed by atoms with Gasteiger partial charge in [0.1, 0.15) is 0 Å². The minimum Gasteiger partial charge on any atom is -0.346 e. The Morgan fingerprint density at radius 2 is 1.84 bits per heavy atom. The Morgan fingerprint density at radius 3 is 2.32 bits per heavy atom. The second kappa shape index (κ2) is 10.2. The van der Waals surface area contributed by atoms with E-state index >= 15 is 0 Å². The van der Waals surface area contributed by atoms with Crippen molar-refractivity contribution in [2.75, 3.05) is 26.0 Å². The fourth-order valence-corrected chi connectivity index (χ4v) is 2.06. The van der Waals surface area contributed by atoms with Gasteiger partial charge in [0.25, 0.3) is 5.91 Å². The summed E-state index contributed by atoms with van der Waals surface area (Å²) < 4.78 is 0. The number of carbonyl (C=O) groups excluding carboxylic acids is 3. The number of anilines is 1. The van der Waals surface area contributed by atoms with Crippen molar-refractivity contribution < 1.29 is 14.4 Å². The number of nitrogens with zero attached hydrogens (tertiary/aromatic N) is 1. The summed E-state index contributed by atoms with van der Waals surface area (Å²) in [6.07, 6.45) is 0. The van der Waals surface area contributed by atoms with E-state index in [0.717, 1.165) is 0 Å². The third-order valence-electron chi connectivity index (χ3n) is 3.33. The van der Waals surface area contributed by atoms with Gasteiger partial charge >= 0.3 is 0 Å². The van der Waals surface area contributed by atoms with E-state index in [2.05, 4.69) is 10.6 Å². The van der Waals surface area contributed by atoms with Crippen LogP contribution in [0.2, 0.25) is 5.02 Å². The summed E-state index contributed by atoms with van der Waals surface area (Å²) in [4.78, 5) is 36.9. The van der Waals surface area contributed by atoms with Crippen molar-refractivity contribution in [3.8, 4) is 0 Å². The van der Waals surface area contributed by atoms with Crippen LogP contribution >= 0.6 is 24.0 Å². The SMILES string of the molecule is CC(C)[C@H](N)C(=O)NCC(=O)Nc1ccc(C(=O)N(C)C)c(Cl)c1.Cl. The average molecular weight is 391 g/mol. The molecule has 0 aliphatic heterocycles. The predicted molar refractivity (Wildman–Crippen MR) is 101 cm³/mol. The standard InChI is InChI=1S/C16H23ClN4O3.ClH/c1-9(2)14(18)15(23)19-8-13(22)20-10-5-6-11(12(17)7-10)16(24)21(3)4;/h5-7,9,14H,8,18H2,1-4H3,(H,19,23)(H,20,22);1H/t14-;/m0./s1. The lowest BCUT2D eigenvalue weighted by atomic mass is 10.1. The summed E-state index contributed by atoms with van der Waals surface area (Å²) in [7, 11) is 3.25. The zero-order valence-corrected chi connectivity index (χ0v) is 16.2. The largest absolute Gasteiger partial charge is 0.346 e. The smallest absolute Gasteiger partial charge is 0.254 e. The molecule has 0 aromatic heterocycles. The van der Waals surface area contributed by atoms with Gasteiger partial charge in [-0.1, -0.05) is 25.4 Å². The van der Waals surface area contributed by atoms with Gasteiger partial charge in [0.05, 0.1) is 23.2 Å². The van der Waals surface area contributed by atoms with E-state index in [4.69, 9.17) is 17.3 Å². The molecule has 0 saturated heterocycles.